The van der Waals surface area contributed by atoms with Crippen molar-refractivity contribution in [3.8, 4) is 34.9 Å². The standard InChI is InChI=1S/C19H20F3NO4.C16H14F5N5O5S/c1-3-4-11-25-18(24)13(2)26-15-6-8-16(9-7-15)27-17-10-5-14(12-23-17)19(20,21)22;1-29-10-6-22-15(30-2)26-13(10)23-14(24-26)25-32(27,28)12-8(16(19,20)21)4-3-5-9(12)31-7-11(17)18/h5-10,12-13H,3-4,11H2,1-2H3;3-6,11H,7H2,1-2H3,(H,24,25). The van der Waals surface area contributed by atoms with Crippen LogP contribution in [0.5, 0.6) is 34.9 Å². The van der Waals surface area contributed by atoms with Crippen molar-refractivity contribution < 1.29 is 76.8 Å². The third kappa shape index (κ3) is 12.4. The highest BCUT2D eigenvalue weighted by Gasteiger charge is 2.40. The van der Waals surface area contributed by atoms with Crippen molar-refractivity contribution >= 4 is 27.6 Å². The SMILES string of the molecule is CCCCOC(=O)C(C)Oc1ccc(Oc2ccc(C(F)(F)F)cn2)cc1.COc1cnc(OC)n2nc(NS(=O)(=O)c3c(OCC(F)F)cccc3C(F)(F)F)nc12. The lowest BCUT2D eigenvalue weighted by atomic mass is 10.2. The molecule has 59 heavy (non-hydrogen) atoms. The van der Waals surface area contributed by atoms with Gasteiger partial charge in [-0.3, -0.25) is 0 Å². The molecule has 0 aliphatic rings. The Hall–Kier alpha value is -6.20. The van der Waals surface area contributed by atoms with Crippen LogP contribution in [0, 0.1) is 0 Å². The van der Waals surface area contributed by atoms with Gasteiger partial charge in [0.1, 0.15) is 28.8 Å². The molecule has 0 saturated heterocycles. The Morgan fingerprint density at radius 2 is 1.58 bits per heavy atom. The van der Waals surface area contributed by atoms with E-state index in [-0.39, 0.29) is 23.3 Å². The molecule has 15 nitrogen and oxygen atoms in total. The number of unbranched alkanes of at least 4 members (excludes halogenated alkanes) is 1. The van der Waals surface area contributed by atoms with E-state index in [1.165, 1.54) is 20.4 Å². The van der Waals surface area contributed by atoms with Crippen molar-refractivity contribution in [2.45, 2.75) is 56.5 Å². The number of ether oxygens (including phenoxy) is 6. The Labute approximate surface area is 330 Å². The molecule has 0 radical (unpaired) electrons. The van der Waals surface area contributed by atoms with Crippen LogP contribution in [-0.2, 0) is 31.9 Å². The zero-order valence-corrected chi connectivity index (χ0v) is 32.0. The highest BCUT2D eigenvalue weighted by molar-refractivity contribution is 7.92. The summed E-state index contributed by atoms with van der Waals surface area (Å²) in [4.78, 5) is 21.7. The van der Waals surface area contributed by atoms with Gasteiger partial charge in [0.25, 0.3) is 22.4 Å². The maximum atomic E-state index is 13.5. The van der Waals surface area contributed by atoms with E-state index >= 15 is 0 Å². The molecule has 5 aromatic rings. The van der Waals surface area contributed by atoms with E-state index in [2.05, 4.69) is 24.8 Å². The molecule has 0 bridgehead atoms. The fourth-order valence-corrected chi connectivity index (χ4v) is 5.91. The number of fused-ring (bicyclic) bond motifs is 1. The number of nitrogens with one attached hydrogen (secondary N) is 1. The van der Waals surface area contributed by atoms with E-state index in [1.54, 1.807) is 35.9 Å². The first-order valence-electron chi connectivity index (χ1n) is 16.9. The summed E-state index contributed by atoms with van der Waals surface area (Å²) in [7, 11) is -2.56. The quantitative estimate of drug-likeness (QED) is 0.0584. The van der Waals surface area contributed by atoms with Gasteiger partial charge in [-0.05, 0) is 55.8 Å². The number of sulfonamides is 1. The van der Waals surface area contributed by atoms with Gasteiger partial charge in [-0.15, -0.1) is 5.10 Å². The molecule has 2 aromatic carbocycles. The summed E-state index contributed by atoms with van der Waals surface area (Å²) in [5, 5.41) is 3.80. The third-order valence-corrected chi connectivity index (χ3v) is 8.75. The van der Waals surface area contributed by atoms with E-state index in [1.807, 2.05) is 6.92 Å². The number of alkyl halides is 8. The van der Waals surface area contributed by atoms with Crippen LogP contribution >= 0.6 is 0 Å². The van der Waals surface area contributed by atoms with Gasteiger partial charge in [0.05, 0.1) is 38.2 Å². The second-order valence-electron chi connectivity index (χ2n) is 11.7. The van der Waals surface area contributed by atoms with E-state index in [0.717, 1.165) is 41.6 Å². The van der Waals surface area contributed by atoms with Crippen LogP contribution in [0.4, 0.5) is 41.1 Å². The van der Waals surface area contributed by atoms with Crippen LogP contribution in [0.3, 0.4) is 0 Å². The third-order valence-electron chi connectivity index (χ3n) is 7.34. The number of hydrogen-bond donors (Lipinski definition) is 1. The van der Waals surface area contributed by atoms with Gasteiger partial charge in [0.2, 0.25) is 11.5 Å². The predicted molar refractivity (Wildman–Crippen MR) is 189 cm³/mol. The van der Waals surface area contributed by atoms with Crippen molar-refractivity contribution in [2.75, 3.05) is 32.2 Å². The van der Waals surface area contributed by atoms with Crippen molar-refractivity contribution in [2.24, 2.45) is 0 Å². The Bertz CT molecular complexity index is 2240. The Kier molecular flexibility index (Phi) is 15.0. The molecule has 5 rings (SSSR count). The first kappa shape index (κ1) is 45.5. The topological polar surface area (TPSA) is 175 Å². The number of benzene rings is 2. The van der Waals surface area contributed by atoms with Gasteiger partial charge < -0.3 is 28.4 Å². The molecule has 0 saturated carbocycles. The van der Waals surface area contributed by atoms with Gasteiger partial charge in [0, 0.05) is 12.3 Å². The number of nitrogens with zero attached hydrogens (tertiary/aromatic N) is 5. The van der Waals surface area contributed by atoms with Gasteiger partial charge >= 0.3 is 24.3 Å². The summed E-state index contributed by atoms with van der Waals surface area (Å²) in [6, 6.07) is 10.3. The molecule has 0 amide bonds. The van der Waals surface area contributed by atoms with Crippen molar-refractivity contribution in [3.63, 3.8) is 0 Å². The van der Waals surface area contributed by atoms with Crippen LogP contribution in [0.1, 0.15) is 37.8 Å². The summed E-state index contributed by atoms with van der Waals surface area (Å²) in [6.07, 6.45) is -9.77. The Morgan fingerprint density at radius 3 is 2.15 bits per heavy atom. The molecule has 0 spiro atoms. The largest absolute Gasteiger partial charge is 0.491 e. The monoisotopic (exact) mass is 866 g/mol. The number of anilines is 1. The van der Waals surface area contributed by atoms with Gasteiger partial charge in [0.15, 0.2) is 11.9 Å². The minimum atomic E-state index is -5.14. The lowest BCUT2D eigenvalue weighted by Gasteiger charge is -2.17. The highest BCUT2D eigenvalue weighted by atomic mass is 32.2. The smallest absolute Gasteiger partial charge is 0.417 e. The number of carbonyl (C=O) groups excluding carboxylic acids is 1. The average Bonchev–Trinajstić information content (AvgIpc) is 3.60. The lowest BCUT2D eigenvalue weighted by molar-refractivity contribution is -0.151. The fraction of sp³-hybridized carbons (Fsp3) is 0.343. The van der Waals surface area contributed by atoms with Crippen LogP contribution in [0.2, 0.25) is 0 Å². The molecule has 3 heterocycles. The highest BCUT2D eigenvalue weighted by Crippen LogP contribution is 2.40. The number of aromatic nitrogens is 5. The van der Waals surface area contributed by atoms with Crippen molar-refractivity contribution in [3.05, 3.63) is 78.1 Å². The molecule has 24 heteroatoms. The number of hydrogen-bond acceptors (Lipinski definition) is 13. The van der Waals surface area contributed by atoms with Gasteiger partial charge in [-0.25, -0.2) is 31.7 Å². The zero-order valence-electron chi connectivity index (χ0n) is 31.2. The van der Waals surface area contributed by atoms with Gasteiger partial charge in [-0.2, -0.15) is 40.8 Å². The minimum Gasteiger partial charge on any atom is -0.491 e. The Balaban J connectivity index is 0.000000265. The van der Waals surface area contributed by atoms with E-state index in [0.29, 0.717) is 30.4 Å². The second-order valence-corrected chi connectivity index (χ2v) is 13.3. The van der Waals surface area contributed by atoms with Gasteiger partial charge in [-0.1, -0.05) is 19.4 Å². The molecule has 1 unspecified atom stereocenters. The van der Waals surface area contributed by atoms with Crippen LogP contribution in [-0.4, -0.2) is 78.9 Å². The molecule has 3 aromatic heterocycles. The van der Waals surface area contributed by atoms with Crippen LogP contribution < -0.4 is 28.4 Å². The normalized spacial score (nSPS) is 12.3. The van der Waals surface area contributed by atoms with E-state index in [4.69, 9.17) is 23.7 Å². The molecule has 0 fully saturated rings. The maximum Gasteiger partial charge on any atom is 0.417 e. The average molecular weight is 867 g/mol. The number of carbonyl (C=O) groups is 1. The second kappa shape index (κ2) is 19.5. The van der Waals surface area contributed by atoms with Crippen molar-refractivity contribution in [1.29, 1.82) is 0 Å². The predicted octanol–water partition coefficient (Wildman–Crippen LogP) is 7.61. The molecule has 0 aliphatic heterocycles. The molecule has 0 aliphatic carbocycles. The fourth-order valence-electron chi connectivity index (χ4n) is 4.61. The summed E-state index contributed by atoms with van der Waals surface area (Å²) in [5.41, 5.74) is -2.54. The zero-order chi connectivity index (χ0) is 43.5. The summed E-state index contributed by atoms with van der Waals surface area (Å²) in [5.74, 6) is -1.14. The number of esters is 1. The maximum absolute atomic E-state index is 13.5. The first-order valence-corrected chi connectivity index (χ1v) is 18.4. The minimum absolute atomic E-state index is 0.0320. The number of halogens is 8. The summed E-state index contributed by atoms with van der Waals surface area (Å²) >= 11 is 0. The first-order chi connectivity index (χ1) is 27.8. The molecule has 320 valence electrons. The molecule has 1 N–H and O–H groups in total. The number of rotatable bonds is 16. The molecular formula is C35H34F8N6O9S. The molecular weight excluding hydrogens is 832 g/mol. The van der Waals surface area contributed by atoms with E-state index < -0.39 is 75.2 Å². The number of methoxy groups -OCH3 is 2. The Morgan fingerprint density at radius 1 is 0.881 bits per heavy atom. The summed E-state index contributed by atoms with van der Waals surface area (Å²) < 4.78 is 162. The van der Waals surface area contributed by atoms with E-state index in [9.17, 15) is 48.3 Å². The summed E-state index contributed by atoms with van der Waals surface area (Å²) in [6.45, 7) is 2.62. The number of pyridine rings is 1. The van der Waals surface area contributed by atoms with Crippen LogP contribution in [0.15, 0.2) is 71.9 Å². The molecule has 1 atom stereocenters. The lowest BCUT2D eigenvalue weighted by Crippen LogP contribution is -2.26. The van der Waals surface area contributed by atoms with Crippen LogP contribution in [0.25, 0.3) is 5.65 Å². The van der Waals surface area contributed by atoms with Crippen molar-refractivity contribution in [1.82, 2.24) is 24.6 Å².